The van der Waals surface area contributed by atoms with Crippen molar-refractivity contribution in [2.75, 3.05) is 5.73 Å². The van der Waals surface area contributed by atoms with Gasteiger partial charge in [-0.1, -0.05) is 6.92 Å². The van der Waals surface area contributed by atoms with Crippen molar-refractivity contribution in [3.05, 3.63) is 23.8 Å². The zero-order valence-corrected chi connectivity index (χ0v) is 10.1. The number of primary amides is 1. The van der Waals surface area contributed by atoms with Gasteiger partial charge in [0.2, 0.25) is 0 Å². The summed E-state index contributed by atoms with van der Waals surface area (Å²) in [6.07, 6.45) is -0.417. The minimum atomic E-state index is -0.537. The lowest BCUT2D eigenvalue weighted by Crippen LogP contribution is -2.16. The van der Waals surface area contributed by atoms with Crippen LogP contribution >= 0.6 is 11.8 Å². The number of nitrogen functional groups attached to an aromatic ring is 1. The molecule has 0 heterocycles. The molecule has 0 aliphatic carbocycles. The lowest BCUT2D eigenvalue weighted by atomic mass is 10.2. The zero-order valence-electron chi connectivity index (χ0n) is 9.31. The summed E-state index contributed by atoms with van der Waals surface area (Å²) in [6.45, 7) is 3.64. The highest BCUT2D eigenvalue weighted by atomic mass is 32.2. The van der Waals surface area contributed by atoms with E-state index < -0.39 is 12.0 Å². The Kier molecular flexibility index (Phi) is 4.20. The van der Waals surface area contributed by atoms with Gasteiger partial charge in [0.1, 0.15) is 0 Å². The Morgan fingerprint density at radius 2 is 2.06 bits per heavy atom. The summed E-state index contributed by atoms with van der Waals surface area (Å²) in [5.41, 5.74) is 11.5. The highest BCUT2D eigenvalue weighted by molar-refractivity contribution is 8.00. The lowest BCUT2D eigenvalue weighted by Gasteiger charge is -2.14. The molecule has 4 nitrogen and oxygen atoms in total. The molecule has 1 aromatic rings. The molecule has 5 heteroatoms. The van der Waals surface area contributed by atoms with E-state index in [-0.39, 0.29) is 5.25 Å². The van der Waals surface area contributed by atoms with Crippen LogP contribution in [0.1, 0.15) is 24.2 Å². The van der Waals surface area contributed by atoms with Gasteiger partial charge >= 0.3 is 0 Å². The second-order valence-corrected chi connectivity index (χ2v) is 5.13. The SMILES string of the molecule is CC(O)C(C)Sc1ccc(N)c(C(N)=O)c1. The molecule has 0 bridgehead atoms. The minimum Gasteiger partial charge on any atom is -0.398 e. The van der Waals surface area contributed by atoms with Crippen LogP contribution in [-0.4, -0.2) is 22.4 Å². The minimum absolute atomic E-state index is 0.0457. The lowest BCUT2D eigenvalue weighted by molar-refractivity contribution is 0.100. The molecule has 0 spiro atoms. The molecule has 0 fully saturated rings. The third-order valence-electron chi connectivity index (χ3n) is 2.29. The molecule has 1 amide bonds. The number of hydrogen-bond donors (Lipinski definition) is 3. The quantitative estimate of drug-likeness (QED) is 0.545. The number of carbonyl (C=O) groups excluding carboxylic acids is 1. The number of carbonyl (C=O) groups is 1. The number of aliphatic hydroxyl groups excluding tert-OH is 1. The summed E-state index contributed by atoms with van der Waals surface area (Å²) in [5, 5.41) is 9.42. The van der Waals surface area contributed by atoms with Crippen molar-refractivity contribution >= 4 is 23.4 Å². The maximum Gasteiger partial charge on any atom is 0.250 e. The van der Waals surface area contributed by atoms with Gasteiger partial charge in [-0.3, -0.25) is 4.79 Å². The molecule has 0 saturated heterocycles. The number of benzene rings is 1. The number of hydrogen-bond acceptors (Lipinski definition) is 4. The molecule has 2 atom stereocenters. The largest absolute Gasteiger partial charge is 0.398 e. The predicted molar refractivity (Wildman–Crippen MR) is 66.4 cm³/mol. The molecule has 1 rings (SSSR count). The normalized spacial score (nSPS) is 14.4. The first-order chi connectivity index (χ1) is 7.41. The molecule has 0 saturated carbocycles. The highest BCUT2D eigenvalue weighted by Gasteiger charge is 2.12. The molecule has 1 aromatic carbocycles. The molecule has 5 N–H and O–H groups in total. The van der Waals surface area contributed by atoms with E-state index in [0.29, 0.717) is 11.3 Å². The smallest absolute Gasteiger partial charge is 0.250 e. The van der Waals surface area contributed by atoms with Crippen LogP contribution in [0.2, 0.25) is 0 Å². The second kappa shape index (κ2) is 5.23. The van der Waals surface area contributed by atoms with Crippen LogP contribution < -0.4 is 11.5 Å². The summed E-state index contributed by atoms with van der Waals surface area (Å²) in [4.78, 5) is 11.9. The number of thioether (sulfide) groups is 1. The number of anilines is 1. The van der Waals surface area contributed by atoms with E-state index in [4.69, 9.17) is 11.5 Å². The Hall–Kier alpha value is -1.20. The third kappa shape index (κ3) is 3.15. The first kappa shape index (κ1) is 12.9. The van der Waals surface area contributed by atoms with Crippen LogP contribution in [0.3, 0.4) is 0 Å². The van der Waals surface area contributed by atoms with E-state index in [9.17, 15) is 9.90 Å². The third-order valence-corrected chi connectivity index (χ3v) is 3.58. The summed E-state index contributed by atoms with van der Waals surface area (Å²) in [6, 6.07) is 5.11. The van der Waals surface area contributed by atoms with Gasteiger partial charge in [0.25, 0.3) is 5.91 Å². The van der Waals surface area contributed by atoms with Crippen LogP contribution in [0.15, 0.2) is 23.1 Å². The van der Waals surface area contributed by atoms with Crippen LogP contribution in [-0.2, 0) is 0 Å². The Morgan fingerprint density at radius 1 is 1.44 bits per heavy atom. The van der Waals surface area contributed by atoms with E-state index in [0.717, 1.165) is 4.90 Å². The van der Waals surface area contributed by atoms with Crippen molar-refractivity contribution in [3.8, 4) is 0 Å². The van der Waals surface area contributed by atoms with E-state index in [1.54, 1.807) is 19.1 Å². The average molecular weight is 240 g/mol. The number of nitrogens with two attached hydrogens (primary N) is 2. The summed E-state index contributed by atoms with van der Waals surface area (Å²) < 4.78 is 0. The van der Waals surface area contributed by atoms with Crippen LogP contribution in [0.5, 0.6) is 0 Å². The van der Waals surface area contributed by atoms with E-state index in [2.05, 4.69) is 0 Å². The van der Waals surface area contributed by atoms with Crippen molar-refractivity contribution in [1.29, 1.82) is 0 Å². The molecular formula is C11H16N2O2S. The number of amides is 1. The topological polar surface area (TPSA) is 89.3 Å². The maximum atomic E-state index is 11.1. The van der Waals surface area contributed by atoms with Crippen molar-refractivity contribution in [3.63, 3.8) is 0 Å². The second-order valence-electron chi connectivity index (χ2n) is 3.68. The fourth-order valence-electron chi connectivity index (χ4n) is 1.14. The van der Waals surface area contributed by atoms with Crippen LogP contribution in [0, 0.1) is 0 Å². The van der Waals surface area contributed by atoms with Crippen molar-refractivity contribution in [2.45, 2.75) is 30.1 Å². The summed E-state index contributed by atoms with van der Waals surface area (Å²) in [5.74, 6) is -0.537. The Bertz CT molecular complexity index is 394. The van der Waals surface area contributed by atoms with Gasteiger partial charge in [-0.15, -0.1) is 11.8 Å². The van der Waals surface area contributed by atoms with Gasteiger partial charge in [-0.2, -0.15) is 0 Å². The number of aliphatic hydroxyl groups is 1. The van der Waals surface area contributed by atoms with E-state index in [1.807, 2.05) is 13.0 Å². The summed E-state index contributed by atoms with van der Waals surface area (Å²) >= 11 is 1.48. The fraction of sp³-hybridized carbons (Fsp3) is 0.364. The monoisotopic (exact) mass is 240 g/mol. The molecule has 0 aromatic heterocycles. The Balaban J connectivity index is 2.91. The molecule has 0 aliphatic heterocycles. The van der Waals surface area contributed by atoms with Gasteiger partial charge in [-0.05, 0) is 25.1 Å². The maximum absolute atomic E-state index is 11.1. The van der Waals surface area contributed by atoms with Gasteiger partial charge in [0.05, 0.1) is 11.7 Å². The molecule has 0 radical (unpaired) electrons. The van der Waals surface area contributed by atoms with Gasteiger partial charge in [-0.25, -0.2) is 0 Å². The first-order valence-electron chi connectivity index (χ1n) is 4.96. The van der Waals surface area contributed by atoms with Gasteiger partial charge < -0.3 is 16.6 Å². The molecule has 88 valence electrons. The number of rotatable bonds is 4. The predicted octanol–water partition coefficient (Wildman–Crippen LogP) is 1.23. The first-order valence-corrected chi connectivity index (χ1v) is 5.84. The highest BCUT2D eigenvalue weighted by Crippen LogP contribution is 2.27. The average Bonchev–Trinajstić information content (AvgIpc) is 2.20. The molecule has 0 aliphatic rings. The van der Waals surface area contributed by atoms with Gasteiger partial charge in [0.15, 0.2) is 0 Å². The summed E-state index contributed by atoms with van der Waals surface area (Å²) in [7, 11) is 0. The van der Waals surface area contributed by atoms with Crippen LogP contribution in [0.4, 0.5) is 5.69 Å². The van der Waals surface area contributed by atoms with Crippen LogP contribution in [0.25, 0.3) is 0 Å². The molecule has 2 unspecified atom stereocenters. The van der Waals surface area contributed by atoms with Crippen molar-refractivity contribution in [1.82, 2.24) is 0 Å². The van der Waals surface area contributed by atoms with E-state index in [1.165, 1.54) is 11.8 Å². The Morgan fingerprint density at radius 3 is 2.56 bits per heavy atom. The standard InChI is InChI=1S/C11H16N2O2S/c1-6(14)7(2)16-8-3-4-10(12)9(5-8)11(13)15/h3-7,14H,12H2,1-2H3,(H2,13,15). The van der Waals surface area contributed by atoms with Crippen molar-refractivity contribution < 1.29 is 9.90 Å². The zero-order chi connectivity index (χ0) is 12.3. The van der Waals surface area contributed by atoms with Gasteiger partial charge in [0, 0.05) is 15.8 Å². The molecular weight excluding hydrogens is 224 g/mol. The van der Waals surface area contributed by atoms with E-state index >= 15 is 0 Å². The van der Waals surface area contributed by atoms with Crippen molar-refractivity contribution in [2.24, 2.45) is 5.73 Å². The molecule has 16 heavy (non-hydrogen) atoms. The fourth-order valence-corrected chi connectivity index (χ4v) is 2.09. The Labute approximate surface area is 99.0 Å².